The molecular formula is C19H15N3O2S. The topological polar surface area (TPSA) is 57.0 Å². The van der Waals surface area contributed by atoms with E-state index < -0.39 is 0 Å². The van der Waals surface area contributed by atoms with E-state index in [4.69, 9.17) is 4.74 Å². The van der Waals surface area contributed by atoms with Gasteiger partial charge in [0.25, 0.3) is 5.56 Å². The molecule has 3 heterocycles. The number of pyridine rings is 1. The third-order valence-corrected chi connectivity index (χ3v) is 4.92. The van der Waals surface area contributed by atoms with E-state index in [9.17, 15) is 4.79 Å². The number of aromatic nitrogens is 3. The predicted molar refractivity (Wildman–Crippen MR) is 99.2 cm³/mol. The third-order valence-electron chi connectivity index (χ3n) is 4.03. The Balaban J connectivity index is 1.84. The summed E-state index contributed by atoms with van der Waals surface area (Å²) in [6.07, 6.45) is 3.25. The Kier molecular flexibility index (Phi) is 4.03. The van der Waals surface area contributed by atoms with Crippen molar-refractivity contribution in [3.05, 3.63) is 76.3 Å². The summed E-state index contributed by atoms with van der Waals surface area (Å²) in [7, 11) is 1.57. The summed E-state index contributed by atoms with van der Waals surface area (Å²) in [5, 5.41) is 2.64. The molecule has 0 unspecified atom stereocenters. The summed E-state index contributed by atoms with van der Waals surface area (Å²) in [6, 6.07) is 13.6. The Hall–Kier alpha value is -2.99. The highest BCUT2D eigenvalue weighted by atomic mass is 32.1. The van der Waals surface area contributed by atoms with E-state index in [0.29, 0.717) is 17.8 Å². The van der Waals surface area contributed by atoms with Crippen LogP contribution >= 0.6 is 11.3 Å². The molecule has 0 amide bonds. The summed E-state index contributed by atoms with van der Waals surface area (Å²) < 4.78 is 6.88. The van der Waals surface area contributed by atoms with Crippen molar-refractivity contribution in [2.24, 2.45) is 0 Å². The molecule has 0 aliphatic rings. The van der Waals surface area contributed by atoms with Gasteiger partial charge < -0.3 is 4.74 Å². The molecule has 0 bridgehead atoms. The molecule has 4 rings (SSSR count). The molecule has 6 heteroatoms. The van der Waals surface area contributed by atoms with Crippen LogP contribution in [0.5, 0.6) is 5.88 Å². The van der Waals surface area contributed by atoms with Crippen LogP contribution in [0.2, 0.25) is 0 Å². The molecule has 0 saturated heterocycles. The van der Waals surface area contributed by atoms with Gasteiger partial charge in [-0.3, -0.25) is 9.36 Å². The fraction of sp³-hybridized carbons (Fsp3) is 0.105. The molecule has 0 aliphatic heterocycles. The Morgan fingerprint density at radius 2 is 1.96 bits per heavy atom. The molecule has 0 fully saturated rings. The number of benzene rings is 1. The normalized spacial score (nSPS) is 10.9. The maximum Gasteiger partial charge on any atom is 0.263 e. The van der Waals surface area contributed by atoms with Crippen LogP contribution in [0, 0.1) is 0 Å². The Morgan fingerprint density at radius 1 is 1.12 bits per heavy atom. The first-order chi connectivity index (χ1) is 12.3. The SMILES string of the molecule is COc1ncccc1Cn1cnc2scc(-c3ccccc3)c2c1=O. The summed E-state index contributed by atoms with van der Waals surface area (Å²) >= 11 is 1.48. The molecule has 4 aromatic rings. The van der Waals surface area contributed by atoms with Crippen molar-refractivity contribution in [1.82, 2.24) is 14.5 Å². The van der Waals surface area contributed by atoms with E-state index in [1.807, 2.05) is 47.8 Å². The highest BCUT2D eigenvalue weighted by Crippen LogP contribution is 2.30. The van der Waals surface area contributed by atoms with Crippen molar-refractivity contribution in [2.75, 3.05) is 7.11 Å². The molecule has 0 spiro atoms. The molecule has 0 radical (unpaired) electrons. The highest BCUT2D eigenvalue weighted by molar-refractivity contribution is 7.17. The summed E-state index contributed by atoms with van der Waals surface area (Å²) in [5.74, 6) is 0.517. The Bertz CT molecular complexity index is 1090. The van der Waals surface area contributed by atoms with Gasteiger partial charge in [-0.05, 0) is 11.6 Å². The minimum Gasteiger partial charge on any atom is -0.481 e. The van der Waals surface area contributed by atoms with E-state index in [0.717, 1.165) is 21.5 Å². The van der Waals surface area contributed by atoms with E-state index in [1.165, 1.54) is 11.3 Å². The van der Waals surface area contributed by atoms with Crippen LogP contribution in [0.25, 0.3) is 21.3 Å². The minimum absolute atomic E-state index is 0.0593. The van der Waals surface area contributed by atoms with Crippen LogP contribution in [0.1, 0.15) is 5.56 Å². The smallest absolute Gasteiger partial charge is 0.263 e. The van der Waals surface area contributed by atoms with E-state index in [-0.39, 0.29) is 5.56 Å². The van der Waals surface area contributed by atoms with Gasteiger partial charge in [0, 0.05) is 22.7 Å². The fourth-order valence-electron chi connectivity index (χ4n) is 2.82. The Labute approximate surface area is 148 Å². The van der Waals surface area contributed by atoms with Crippen LogP contribution in [0.3, 0.4) is 0 Å². The molecular weight excluding hydrogens is 334 g/mol. The Morgan fingerprint density at radius 3 is 2.76 bits per heavy atom. The summed E-state index contributed by atoms with van der Waals surface area (Å²) in [5.41, 5.74) is 2.72. The second kappa shape index (κ2) is 6.49. The second-order valence-electron chi connectivity index (χ2n) is 5.54. The first kappa shape index (κ1) is 15.5. The van der Waals surface area contributed by atoms with Gasteiger partial charge in [0.1, 0.15) is 4.83 Å². The number of ether oxygens (including phenoxy) is 1. The number of methoxy groups -OCH3 is 1. The lowest BCUT2D eigenvalue weighted by molar-refractivity contribution is 0.391. The average Bonchev–Trinajstić information content (AvgIpc) is 3.10. The van der Waals surface area contributed by atoms with Gasteiger partial charge >= 0.3 is 0 Å². The molecule has 0 saturated carbocycles. The number of nitrogens with zero attached hydrogens (tertiary/aromatic N) is 3. The number of thiophene rings is 1. The lowest BCUT2D eigenvalue weighted by Gasteiger charge is -2.09. The zero-order valence-corrected chi connectivity index (χ0v) is 14.4. The van der Waals surface area contributed by atoms with Crippen LogP contribution in [0.15, 0.2) is 65.2 Å². The zero-order chi connectivity index (χ0) is 17.2. The van der Waals surface area contributed by atoms with Crippen LogP contribution in [0.4, 0.5) is 0 Å². The van der Waals surface area contributed by atoms with Crippen molar-refractivity contribution in [2.45, 2.75) is 6.54 Å². The maximum atomic E-state index is 13.1. The van der Waals surface area contributed by atoms with Crippen molar-refractivity contribution in [1.29, 1.82) is 0 Å². The van der Waals surface area contributed by atoms with Gasteiger partial charge in [0.05, 0.1) is 25.4 Å². The van der Waals surface area contributed by atoms with Gasteiger partial charge in [-0.2, -0.15) is 0 Å². The molecule has 1 aromatic carbocycles. The van der Waals surface area contributed by atoms with Gasteiger partial charge in [0.2, 0.25) is 5.88 Å². The third kappa shape index (κ3) is 2.81. The predicted octanol–water partition coefficient (Wildman–Crippen LogP) is 3.58. The van der Waals surface area contributed by atoms with Crippen LogP contribution in [-0.4, -0.2) is 21.6 Å². The van der Waals surface area contributed by atoms with Crippen molar-refractivity contribution < 1.29 is 4.74 Å². The van der Waals surface area contributed by atoms with Crippen molar-refractivity contribution >= 4 is 21.6 Å². The van der Waals surface area contributed by atoms with Gasteiger partial charge in [-0.15, -0.1) is 11.3 Å². The van der Waals surface area contributed by atoms with E-state index in [2.05, 4.69) is 9.97 Å². The van der Waals surface area contributed by atoms with Gasteiger partial charge in [-0.25, -0.2) is 9.97 Å². The minimum atomic E-state index is -0.0593. The highest BCUT2D eigenvalue weighted by Gasteiger charge is 2.14. The zero-order valence-electron chi connectivity index (χ0n) is 13.5. The molecule has 3 aromatic heterocycles. The maximum absolute atomic E-state index is 13.1. The molecule has 25 heavy (non-hydrogen) atoms. The summed E-state index contributed by atoms with van der Waals surface area (Å²) in [6.45, 7) is 0.364. The molecule has 0 N–H and O–H groups in total. The monoisotopic (exact) mass is 349 g/mol. The van der Waals surface area contributed by atoms with Gasteiger partial charge in [0.15, 0.2) is 0 Å². The number of hydrogen-bond donors (Lipinski definition) is 0. The number of rotatable bonds is 4. The molecule has 0 atom stereocenters. The molecule has 5 nitrogen and oxygen atoms in total. The van der Waals surface area contributed by atoms with Crippen LogP contribution < -0.4 is 10.3 Å². The quantitative estimate of drug-likeness (QED) is 0.565. The lowest BCUT2D eigenvalue weighted by atomic mass is 10.1. The van der Waals surface area contributed by atoms with E-state index >= 15 is 0 Å². The first-order valence-corrected chi connectivity index (χ1v) is 8.66. The standard InChI is InChI=1S/C19H15N3O2S/c1-24-17-14(8-5-9-20-17)10-22-12-21-18-16(19(22)23)15(11-25-18)13-6-3-2-4-7-13/h2-9,11-12H,10H2,1H3. The lowest BCUT2D eigenvalue weighted by Crippen LogP contribution is -2.21. The first-order valence-electron chi connectivity index (χ1n) is 7.78. The van der Waals surface area contributed by atoms with Gasteiger partial charge in [-0.1, -0.05) is 36.4 Å². The fourth-order valence-corrected chi connectivity index (χ4v) is 3.73. The largest absolute Gasteiger partial charge is 0.481 e. The van der Waals surface area contributed by atoms with Crippen LogP contribution in [-0.2, 0) is 6.54 Å². The second-order valence-corrected chi connectivity index (χ2v) is 6.40. The molecule has 0 aliphatic carbocycles. The molecule has 124 valence electrons. The summed E-state index contributed by atoms with van der Waals surface area (Å²) in [4.78, 5) is 22.4. The van der Waals surface area contributed by atoms with Crippen molar-refractivity contribution in [3.8, 4) is 17.0 Å². The number of fused-ring (bicyclic) bond motifs is 1. The number of hydrogen-bond acceptors (Lipinski definition) is 5. The van der Waals surface area contributed by atoms with Crippen molar-refractivity contribution in [3.63, 3.8) is 0 Å². The average molecular weight is 349 g/mol. The van der Waals surface area contributed by atoms with E-state index in [1.54, 1.807) is 24.2 Å².